The van der Waals surface area contributed by atoms with Gasteiger partial charge in [0.25, 0.3) is 10.0 Å². The molecule has 0 fully saturated rings. The first kappa shape index (κ1) is 23.3. The molecule has 0 amide bonds. The van der Waals surface area contributed by atoms with Crippen LogP contribution in [0.2, 0.25) is 0 Å². The smallest absolute Gasteiger partial charge is 0.339 e. The third-order valence-electron chi connectivity index (χ3n) is 5.39. The molecule has 0 radical (unpaired) electrons. The molecule has 0 aliphatic rings. The van der Waals surface area contributed by atoms with Crippen LogP contribution in [0.15, 0.2) is 65.6 Å². The molecule has 0 saturated heterocycles. The molecular weight excluding hydrogens is 428 g/mol. The Bertz CT molecular complexity index is 1250. The Labute approximate surface area is 188 Å². The molecular formula is C24H26N2O5S. The average Bonchev–Trinajstić information content (AvgIpc) is 3.10. The molecule has 8 heteroatoms. The zero-order valence-corrected chi connectivity index (χ0v) is 19.3. The Hall–Kier alpha value is -3.39. The number of para-hydroxylation sites is 1. The molecule has 1 aromatic heterocycles. The summed E-state index contributed by atoms with van der Waals surface area (Å²) in [5.74, 6) is -1.21. The summed E-state index contributed by atoms with van der Waals surface area (Å²) in [7, 11) is -2.61. The van der Waals surface area contributed by atoms with Crippen molar-refractivity contribution in [1.29, 1.82) is 0 Å². The highest BCUT2D eigenvalue weighted by Crippen LogP contribution is 2.25. The molecule has 0 unspecified atom stereocenters. The summed E-state index contributed by atoms with van der Waals surface area (Å²) in [6, 6.07) is 16.1. The number of rotatable bonds is 8. The maximum absolute atomic E-state index is 13.2. The molecule has 2 aromatic carbocycles. The van der Waals surface area contributed by atoms with Gasteiger partial charge in [0.05, 0.1) is 11.3 Å². The van der Waals surface area contributed by atoms with Crippen LogP contribution < -0.4 is 4.31 Å². The van der Waals surface area contributed by atoms with Gasteiger partial charge in [-0.25, -0.2) is 13.2 Å². The van der Waals surface area contributed by atoms with Crippen LogP contribution in [0.1, 0.15) is 39.0 Å². The highest BCUT2D eigenvalue weighted by Gasteiger charge is 2.28. The van der Waals surface area contributed by atoms with Crippen molar-refractivity contribution in [2.75, 3.05) is 18.0 Å². The lowest BCUT2D eigenvalue weighted by atomic mass is 10.1. The summed E-state index contributed by atoms with van der Waals surface area (Å²) in [5.41, 5.74) is 2.57. The Kier molecular flexibility index (Phi) is 6.84. The van der Waals surface area contributed by atoms with Gasteiger partial charge >= 0.3 is 5.97 Å². The number of anilines is 1. The number of benzene rings is 2. The second kappa shape index (κ2) is 9.40. The van der Waals surface area contributed by atoms with E-state index in [-0.39, 0.29) is 16.2 Å². The number of nitrogens with zero attached hydrogens (tertiary/aromatic N) is 2. The van der Waals surface area contributed by atoms with Crippen molar-refractivity contribution in [3.05, 3.63) is 83.2 Å². The standard InChI is InChI=1S/C24H26N2O5S/c1-5-26-17(2)15-21(18(26)3)22(27)16-31-24(28)20-13-9-10-14-23(20)32(29,30)25(4)19-11-7-6-8-12-19/h6-15H,5,16H2,1-4H3. The van der Waals surface area contributed by atoms with Crippen molar-refractivity contribution < 1.29 is 22.7 Å². The fourth-order valence-corrected chi connectivity index (χ4v) is 5.02. The third kappa shape index (κ3) is 4.45. The molecule has 168 valence electrons. The van der Waals surface area contributed by atoms with Crippen molar-refractivity contribution in [3.63, 3.8) is 0 Å². The third-order valence-corrected chi connectivity index (χ3v) is 7.23. The van der Waals surface area contributed by atoms with Gasteiger partial charge in [0.15, 0.2) is 6.61 Å². The summed E-state index contributed by atoms with van der Waals surface area (Å²) in [4.78, 5) is 25.2. The SMILES string of the molecule is CCn1c(C)cc(C(=O)COC(=O)c2ccccc2S(=O)(=O)N(C)c2ccccc2)c1C. The number of hydrogen-bond acceptors (Lipinski definition) is 5. The molecule has 0 aliphatic carbocycles. The maximum atomic E-state index is 13.2. The molecule has 0 aliphatic heterocycles. The number of ether oxygens (including phenoxy) is 1. The average molecular weight is 455 g/mol. The molecule has 3 aromatic rings. The molecule has 7 nitrogen and oxygen atoms in total. The highest BCUT2D eigenvalue weighted by molar-refractivity contribution is 7.92. The lowest BCUT2D eigenvalue weighted by Crippen LogP contribution is -2.28. The zero-order valence-electron chi connectivity index (χ0n) is 18.5. The van der Waals surface area contributed by atoms with Gasteiger partial charge in [0.1, 0.15) is 4.90 Å². The largest absolute Gasteiger partial charge is 0.454 e. The number of aryl methyl sites for hydroxylation is 1. The summed E-state index contributed by atoms with van der Waals surface area (Å²) >= 11 is 0. The summed E-state index contributed by atoms with van der Waals surface area (Å²) in [5, 5.41) is 0. The van der Waals surface area contributed by atoms with Gasteiger partial charge in [-0.3, -0.25) is 9.10 Å². The monoisotopic (exact) mass is 454 g/mol. The number of carbonyl (C=O) groups excluding carboxylic acids is 2. The quantitative estimate of drug-likeness (QED) is 0.379. The van der Waals surface area contributed by atoms with E-state index in [0.29, 0.717) is 11.3 Å². The van der Waals surface area contributed by atoms with Gasteiger partial charge in [-0.15, -0.1) is 0 Å². The van der Waals surface area contributed by atoms with Gasteiger partial charge < -0.3 is 9.30 Å². The molecule has 0 bridgehead atoms. The van der Waals surface area contributed by atoms with Crippen molar-refractivity contribution in [3.8, 4) is 0 Å². The van der Waals surface area contributed by atoms with E-state index < -0.39 is 22.6 Å². The fourth-order valence-electron chi connectivity index (χ4n) is 3.64. The van der Waals surface area contributed by atoms with Crippen LogP contribution in [0.4, 0.5) is 5.69 Å². The van der Waals surface area contributed by atoms with E-state index in [2.05, 4.69) is 0 Å². The zero-order chi connectivity index (χ0) is 23.5. The number of aromatic nitrogens is 1. The fraction of sp³-hybridized carbons (Fsp3) is 0.250. The number of carbonyl (C=O) groups is 2. The Morgan fingerprint density at radius 2 is 1.59 bits per heavy atom. The summed E-state index contributed by atoms with van der Waals surface area (Å²) < 4.78 is 34.7. The van der Waals surface area contributed by atoms with Crippen LogP contribution in [-0.4, -0.2) is 38.4 Å². The van der Waals surface area contributed by atoms with Crippen LogP contribution in [0.25, 0.3) is 0 Å². The van der Waals surface area contributed by atoms with Crippen LogP contribution >= 0.6 is 0 Å². The predicted molar refractivity (Wildman–Crippen MR) is 123 cm³/mol. The first-order chi connectivity index (χ1) is 15.2. The molecule has 1 heterocycles. The van der Waals surface area contributed by atoms with Gasteiger partial charge in [0, 0.05) is 30.5 Å². The molecule has 0 spiro atoms. The molecule has 0 saturated carbocycles. The topological polar surface area (TPSA) is 85.7 Å². The minimum atomic E-state index is -4.03. The normalized spacial score (nSPS) is 11.2. The van der Waals surface area contributed by atoms with Gasteiger partial charge in [-0.1, -0.05) is 30.3 Å². The van der Waals surface area contributed by atoms with Gasteiger partial charge in [-0.05, 0) is 51.1 Å². The molecule has 3 rings (SSSR count). The summed E-state index contributed by atoms with van der Waals surface area (Å²) in [6.45, 7) is 5.98. The molecule has 0 N–H and O–H groups in total. The van der Waals surface area contributed by atoms with E-state index in [1.807, 2.05) is 25.3 Å². The minimum absolute atomic E-state index is 0.123. The lowest BCUT2D eigenvalue weighted by Gasteiger charge is -2.20. The van der Waals surface area contributed by atoms with Crippen molar-refractivity contribution in [2.45, 2.75) is 32.2 Å². The first-order valence-electron chi connectivity index (χ1n) is 10.2. The van der Waals surface area contributed by atoms with E-state index in [1.54, 1.807) is 42.5 Å². The summed E-state index contributed by atoms with van der Waals surface area (Å²) in [6.07, 6.45) is 0. The lowest BCUT2D eigenvalue weighted by molar-refractivity contribution is 0.0470. The van der Waals surface area contributed by atoms with Crippen LogP contribution in [0.3, 0.4) is 0 Å². The second-order valence-corrected chi connectivity index (χ2v) is 9.27. The Balaban J connectivity index is 1.82. The van der Waals surface area contributed by atoms with Crippen molar-refractivity contribution >= 4 is 27.5 Å². The van der Waals surface area contributed by atoms with Crippen LogP contribution in [-0.2, 0) is 21.3 Å². The Morgan fingerprint density at radius 1 is 0.969 bits per heavy atom. The van der Waals surface area contributed by atoms with Crippen LogP contribution in [0, 0.1) is 13.8 Å². The molecule has 0 atom stereocenters. The number of esters is 1. The van der Waals surface area contributed by atoms with E-state index in [4.69, 9.17) is 4.74 Å². The van der Waals surface area contributed by atoms with E-state index in [9.17, 15) is 18.0 Å². The van der Waals surface area contributed by atoms with Crippen molar-refractivity contribution in [2.24, 2.45) is 0 Å². The maximum Gasteiger partial charge on any atom is 0.339 e. The first-order valence-corrected chi connectivity index (χ1v) is 11.6. The highest BCUT2D eigenvalue weighted by atomic mass is 32.2. The number of hydrogen-bond donors (Lipinski definition) is 0. The number of Topliss-reactive ketones (excluding diaryl/α,β-unsaturated/α-hetero) is 1. The second-order valence-electron chi connectivity index (χ2n) is 7.33. The number of sulfonamides is 1. The van der Waals surface area contributed by atoms with E-state index in [1.165, 1.54) is 25.2 Å². The predicted octanol–water partition coefficient (Wildman–Crippen LogP) is 3.99. The van der Waals surface area contributed by atoms with E-state index in [0.717, 1.165) is 22.2 Å². The van der Waals surface area contributed by atoms with E-state index >= 15 is 0 Å². The van der Waals surface area contributed by atoms with Gasteiger partial charge in [-0.2, -0.15) is 0 Å². The Morgan fingerprint density at radius 3 is 2.22 bits per heavy atom. The van der Waals surface area contributed by atoms with Crippen molar-refractivity contribution in [1.82, 2.24) is 4.57 Å². The molecule has 32 heavy (non-hydrogen) atoms. The minimum Gasteiger partial charge on any atom is -0.454 e. The van der Waals surface area contributed by atoms with Gasteiger partial charge in [0.2, 0.25) is 5.78 Å². The number of ketones is 1. The van der Waals surface area contributed by atoms with Crippen LogP contribution in [0.5, 0.6) is 0 Å².